The van der Waals surface area contributed by atoms with Crippen molar-refractivity contribution < 1.29 is 4.74 Å². The SMILES string of the molecule is COC(C)C(C)(CN)N1CCN(c2cccc(C)c2)CC1. The number of nitrogens with two attached hydrogens (primary N) is 1. The molecule has 0 saturated carbocycles. The van der Waals surface area contributed by atoms with E-state index in [-0.39, 0.29) is 11.6 Å². The number of piperazine rings is 1. The van der Waals surface area contributed by atoms with E-state index in [1.165, 1.54) is 11.3 Å². The van der Waals surface area contributed by atoms with Crippen molar-refractivity contribution in [2.24, 2.45) is 5.73 Å². The molecule has 4 heteroatoms. The molecular weight excluding hydrogens is 262 g/mol. The lowest BCUT2D eigenvalue weighted by Gasteiger charge is -2.48. The molecule has 0 aromatic heterocycles. The molecular formula is C17H29N3O. The van der Waals surface area contributed by atoms with E-state index in [0.717, 1.165) is 26.2 Å². The van der Waals surface area contributed by atoms with Crippen LogP contribution in [0.3, 0.4) is 0 Å². The number of nitrogens with zero attached hydrogens (tertiary/aromatic N) is 2. The Hall–Kier alpha value is -1.10. The van der Waals surface area contributed by atoms with Gasteiger partial charge in [0.25, 0.3) is 0 Å². The molecule has 118 valence electrons. The monoisotopic (exact) mass is 291 g/mol. The second kappa shape index (κ2) is 6.77. The zero-order chi connectivity index (χ0) is 15.5. The second-order valence-corrected chi connectivity index (χ2v) is 6.25. The minimum absolute atomic E-state index is 0.0898. The van der Waals surface area contributed by atoms with Gasteiger partial charge in [-0.1, -0.05) is 12.1 Å². The molecule has 21 heavy (non-hydrogen) atoms. The lowest BCUT2D eigenvalue weighted by molar-refractivity contribution is -0.0333. The van der Waals surface area contributed by atoms with E-state index in [9.17, 15) is 0 Å². The van der Waals surface area contributed by atoms with Gasteiger partial charge in [-0.05, 0) is 38.5 Å². The Bertz CT molecular complexity index is 457. The van der Waals surface area contributed by atoms with Gasteiger partial charge in [0.05, 0.1) is 11.6 Å². The first kappa shape index (κ1) is 16.3. The maximum atomic E-state index is 6.04. The molecule has 1 aromatic rings. The highest BCUT2D eigenvalue weighted by atomic mass is 16.5. The van der Waals surface area contributed by atoms with Gasteiger partial charge in [-0.2, -0.15) is 0 Å². The molecule has 2 atom stereocenters. The van der Waals surface area contributed by atoms with Crippen LogP contribution >= 0.6 is 0 Å². The number of methoxy groups -OCH3 is 1. The standard InChI is InChI=1S/C17H29N3O/c1-14-6-5-7-16(12-14)19-8-10-20(11-9-19)17(3,13-18)15(2)21-4/h5-7,12,15H,8-11,13,18H2,1-4H3. The van der Waals surface area contributed by atoms with Crippen LogP contribution in [0, 0.1) is 6.92 Å². The molecule has 0 aliphatic carbocycles. The van der Waals surface area contributed by atoms with Crippen molar-refractivity contribution in [2.45, 2.75) is 32.4 Å². The van der Waals surface area contributed by atoms with E-state index < -0.39 is 0 Å². The fourth-order valence-corrected chi connectivity index (χ4v) is 3.11. The van der Waals surface area contributed by atoms with Crippen LogP contribution in [-0.4, -0.2) is 56.4 Å². The molecule has 2 unspecified atom stereocenters. The largest absolute Gasteiger partial charge is 0.380 e. The van der Waals surface area contributed by atoms with E-state index in [1.807, 2.05) is 0 Å². The van der Waals surface area contributed by atoms with Crippen molar-refractivity contribution >= 4 is 5.69 Å². The molecule has 1 aliphatic rings. The van der Waals surface area contributed by atoms with Gasteiger partial charge in [0.15, 0.2) is 0 Å². The Morgan fingerprint density at radius 2 is 1.95 bits per heavy atom. The van der Waals surface area contributed by atoms with Gasteiger partial charge in [-0.3, -0.25) is 4.90 Å². The molecule has 1 saturated heterocycles. The number of rotatable bonds is 5. The average molecular weight is 291 g/mol. The fourth-order valence-electron chi connectivity index (χ4n) is 3.11. The minimum Gasteiger partial charge on any atom is -0.380 e. The zero-order valence-corrected chi connectivity index (χ0v) is 13.8. The second-order valence-electron chi connectivity index (χ2n) is 6.25. The lowest BCUT2D eigenvalue weighted by Crippen LogP contribution is -2.63. The molecule has 1 aromatic carbocycles. The third-order valence-corrected chi connectivity index (χ3v) is 5.01. The highest BCUT2D eigenvalue weighted by Gasteiger charge is 2.38. The van der Waals surface area contributed by atoms with Crippen LogP contribution in [-0.2, 0) is 4.74 Å². The van der Waals surface area contributed by atoms with E-state index >= 15 is 0 Å². The van der Waals surface area contributed by atoms with Crippen molar-refractivity contribution in [1.82, 2.24) is 4.90 Å². The summed E-state index contributed by atoms with van der Waals surface area (Å²) in [6.07, 6.45) is 0.132. The van der Waals surface area contributed by atoms with Crippen molar-refractivity contribution in [3.63, 3.8) is 0 Å². The molecule has 0 amide bonds. The predicted octanol–water partition coefficient (Wildman–Crippen LogP) is 1.87. The van der Waals surface area contributed by atoms with E-state index in [0.29, 0.717) is 6.54 Å². The van der Waals surface area contributed by atoms with Crippen LogP contribution in [0.2, 0.25) is 0 Å². The van der Waals surface area contributed by atoms with Crippen molar-refractivity contribution in [1.29, 1.82) is 0 Å². The lowest BCUT2D eigenvalue weighted by atomic mass is 9.92. The average Bonchev–Trinajstić information content (AvgIpc) is 2.53. The number of anilines is 1. The summed E-state index contributed by atoms with van der Waals surface area (Å²) in [5.41, 5.74) is 8.59. The normalized spacial score (nSPS) is 21.1. The van der Waals surface area contributed by atoms with Gasteiger partial charge in [0, 0.05) is 45.5 Å². The first-order valence-corrected chi connectivity index (χ1v) is 7.81. The van der Waals surface area contributed by atoms with Crippen LogP contribution in [0.15, 0.2) is 24.3 Å². The van der Waals surface area contributed by atoms with Gasteiger partial charge >= 0.3 is 0 Å². The molecule has 0 spiro atoms. The third kappa shape index (κ3) is 3.39. The summed E-state index contributed by atoms with van der Waals surface area (Å²) in [4.78, 5) is 4.94. The number of hydrogen-bond donors (Lipinski definition) is 1. The van der Waals surface area contributed by atoms with Gasteiger partial charge in [-0.25, -0.2) is 0 Å². The first-order valence-electron chi connectivity index (χ1n) is 7.81. The van der Waals surface area contributed by atoms with E-state index in [1.54, 1.807) is 7.11 Å². The Morgan fingerprint density at radius 3 is 2.48 bits per heavy atom. The Morgan fingerprint density at radius 1 is 1.29 bits per heavy atom. The number of aryl methyl sites for hydroxylation is 1. The highest BCUT2D eigenvalue weighted by molar-refractivity contribution is 5.48. The molecule has 1 aliphatic heterocycles. The maximum Gasteiger partial charge on any atom is 0.0736 e. The summed E-state index contributed by atoms with van der Waals surface area (Å²) >= 11 is 0. The Balaban J connectivity index is 2.02. The molecule has 2 N–H and O–H groups in total. The highest BCUT2D eigenvalue weighted by Crippen LogP contribution is 2.25. The minimum atomic E-state index is -0.0898. The topological polar surface area (TPSA) is 41.7 Å². The quantitative estimate of drug-likeness (QED) is 0.899. The molecule has 1 fully saturated rings. The van der Waals surface area contributed by atoms with Gasteiger partial charge in [0.1, 0.15) is 0 Å². The Kier molecular flexibility index (Phi) is 5.25. The molecule has 1 heterocycles. The molecule has 4 nitrogen and oxygen atoms in total. The Labute approximate surface area is 128 Å². The zero-order valence-electron chi connectivity index (χ0n) is 13.8. The summed E-state index contributed by atoms with van der Waals surface area (Å²) < 4.78 is 5.55. The summed E-state index contributed by atoms with van der Waals surface area (Å²) in [6.45, 7) is 11.2. The molecule has 0 radical (unpaired) electrons. The molecule has 2 rings (SSSR count). The van der Waals surface area contributed by atoms with Crippen molar-refractivity contribution in [3.8, 4) is 0 Å². The van der Waals surface area contributed by atoms with Crippen molar-refractivity contribution in [2.75, 3.05) is 44.7 Å². The number of ether oxygens (including phenoxy) is 1. The van der Waals surface area contributed by atoms with Crippen LogP contribution in [0.4, 0.5) is 5.69 Å². The fraction of sp³-hybridized carbons (Fsp3) is 0.647. The number of hydrogen-bond acceptors (Lipinski definition) is 4. The van der Waals surface area contributed by atoms with Crippen LogP contribution in [0.5, 0.6) is 0 Å². The van der Waals surface area contributed by atoms with Gasteiger partial charge in [0.2, 0.25) is 0 Å². The van der Waals surface area contributed by atoms with E-state index in [4.69, 9.17) is 10.5 Å². The van der Waals surface area contributed by atoms with Crippen LogP contribution in [0.25, 0.3) is 0 Å². The van der Waals surface area contributed by atoms with Gasteiger partial charge in [-0.15, -0.1) is 0 Å². The molecule has 0 bridgehead atoms. The maximum absolute atomic E-state index is 6.04. The first-order chi connectivity index (χ1) is 10.0. The van der Waals surface area contributed by atoms with Gasteiger partial charge < -0.3 is 15.4 Å². The van der Waals surface area contributed by atoms with Crippen LogP contribution in [0.1, 0.15) is 19.4 Å². The summed E-state index contributed by atoms with van der Waals surface area (Å²) in [5.74, 6) is 0. The summed E-state index contributed by atoms with van der Waals surface area (Å²) in [5, 5.41) is 0. The van der Waals surface area contributed by atoms with Crippen molar-refractivity contribution in [3.05, 3.63) is 29.8 Å². The summed E-state index contributed by atoms with van der Waals surface area (Å²) in [7, 11) is 1.77. The third-order valence-electron chi connectivity index (χ3n) is 5.01. The summed E-state index contributed by atoms with van der Waals surface area (Å²) in [6, 6.07) is 8.73. The smallest absolute Gasteiger partial charge is 0.0736 e. The van der Waals surface area contributed by atoms with Crippen LogP contribution < -0.4 is 10.6 Å². The number of benzene rings is 1. The predicted molar refractivity (Wildman–Crippen MR) is 88.9 cm³/mol. The van der Waals surface area contributed by atoms with E-state index in [2.05, 4.69) is 54.8 Å².